The first-order valence-electron chi connectivity index (χ1n) is 4.23. The second-order valence-corrected chi connectivity index (χ2v) is 4.79. The van der Waals surface area contributed by atoms with Crippen molar-refractivity contribution in [2.45, 2.75) is 11.8 Å². The first-order chi connectivity index (χ1) is 6.77. The van der Waals surface area contributed by atoms with Crippen molar-refractivity contribution in [3.63, 3.8) is 0 Å². The van der Waals surface area contributed by atoms with Crippen LogP contribution in [-0.2, 0) is 0 Å². The molecule has 0 N–H and O–H groups in total. The highest BCUT2D eigenvalue weighted by Crippen LogP contribution is 2.34. The average Bonchev–Trinajstić information content (AvgIpc) is 2.68. The van der Waals surface area contributed by atoms with Crippen molar-refractivity contribution in [1.29, 1.82) is 5.26 Å². The minimum Gasteiger partial charge on any atom is -0.192 e. The van der Waals surface area contributed by atoms with E-state index in [4.69, 9.17) is 5.26 Å². The molecule has 0 aliphatic heterocycles. The molecule has 0 aliphatic rings. The Bertz CT molecular complexity index is 520. The molecule has 2 aromatic rings. The van der Waals surface area contributed by atoms with E-state index in [1.165, 1.54) is 15.0 Å². The Morgan fingerprint density at radius 3 is 2.93 bits per heavy atom. The summed E-state index contributed by atoms with van der Waals surface area (Å²) in [6.45, 7) is 2.01. The Balaban J connectivity index is 2.89. The highest BCUT2D eigenvalue weighted by atomic mass is 32.2. The van der Waals surface area contributed by atoms with Crippen LogP contribution in [0, 0.1) is 18.3 Å². The highest BCUT2D eigenvalue weighted by Gasteiger charge is 2.08. The summed E-state index contributed by atoms with van der Waals surface area (Å²) in [5.41, 5.74) is 1.89. The van der Waals surface area contributed by atoms with Gasteiger partial charge in [0.1, 0.15) is 0 Å². The number of fused-ring (bicyclic) bond motifs is 1. The smallest absolute Gasteiger partial charge is 0.0995 e. The lowest BCUT2D eigenvalue weighted by molar-refractivity contribution is 1.40. The molecule has 0 saturated heterocycles. The van der Waals surface area contributed by atoms with Crippen LogP contribution in [0.1, 0.15) is 11.1 Å². The molecular formula is C11H9NS2. The normalized spacial score (nSPS) is 10.4. The van der Waals surface area contributed by atoms with Gasteiger partial charge in [-0.2, -0.15) is 5.26 Å². The van der Waals surface area contributed by atoms with E-state index in [2.05, 4.69) is 17.5 Å². The van der Waals surface area contributed by atoms with Gasteiger partial charge in [-0.05, 0) is 41.6 Å². The van der Waals surface area contributed by atoms with Crippen LogP contribution >= 0.6 is 23.1 Å². The van der Waals surface area contributed by atoms with E-state index in [0.29, 0.717) is 0 Å². The summed E-state index contributed by atoms with van der Waals surface area (Å²) in [4.78, 5) is 1.21. The van der Waals surface area contributed by atoms with Gasteiger partial charge in [0.25, 0.3) is 0 Å². The van der Waals surface area contributed by atoms with Gasteiger partial charge in [0.2, 0.25) is 0 Å². The predicted molar refractivity (Wildman–Crippen MR) is 63.1 cm³/mol. The summed E-state index contributed by atoms with van der Waals surface area (Å²) in [5, 5.41) is 12.3. The van der Waals surface area contributed by atoms with Crippen LogP contribution in [0.2, 0.25) is 0 Å². The van der Waals surface area contributed by atoms with Crippen molar-refractivity contribution >= 4 is 33.2 Å². The van der Waals surface area contributed by atoms with Crippen LogP contribution in [0.3, 0.4) is 0 Å². The SMILES string of the molecule is CSc1cc(C#N)c(C)c2ccsc12. The molecule has 70 valence electrons. The van der Waals surface area contributed by atoms with Gasteiger partial charge < -0.3 is 0 Å². The van der Waals surface area contributed by atoms with Gasteiger partial charge in [-0.25, -0.2) is 0 Å². The highest BCUT2D eigenvalue weighted by molar-refractivity contribution is 7.99. The van der Waals surface area contributed by atoms with E-state index in [1.54, 1.807) is 23.1 Å². The molecule has 2 rings (SSSR count). The summed E-state index contributed by atoms with van der Waals surface area (Å²) in [6.07, 6.45) is 2.05. The van der Waals surface area contributed by atoms with Gasteiger partial charge in [-0.1, -0.05) is 0 Å². The van der Waals surface area contributed by atoms with E-state index in [9.17, 15) is 0 Å². The van der Waals surface area contributed by atoms with Crippen molar-refractivity contribution in [1.82, 2.24) is 0 Å². The number of hydrogen-bond acceptors (Lipinski definition) is 3. The standard InChI is InChI=1S/C11H9NS2/c1-7-8(6-12)5-10(13-2)11-9(7)3-4-14-11/h3-5H,1-2H3. The lowest BCUT2D eigenvalue weighted by Crippen LogP contribution is -1.84. The molecule has 0 atom stereocenters. The van der Waals surface area contributed by atoms with Crippen LogP contribution < -0.4 is 0 Å². The fourth-order valence-corrected chi connectivity index (χ4v) is 3.30. The van der Waals surface area contributed by atoms with Crippen molar-refractivity contribution in [2.24, 2.45) is 0 Å². The average molecular weight is 219 g/mol. The zero-order valence-corrected chi connectivity index (χ0v) is 9.63. The molecular weight excluding hydrogens is 210 g/mol. The lowest BCUT2D eigenvalue weighted by atomic mass is 10.1. The third kappa shape index (κ3) is 1.31. The Hall–Kier alpha value is -0.980. The van der Waals surface area contributed by atoms with E-state index in [-0.39, 0.29) is 0 Å². The number of aryl methyl sites for hydroxylation is 1. The second-order valence-electron chi connectivity index (χ2n) is 3.03. The van der Waals surface area contributed by atoms with Gasteiger partial charge in [0.15, 0.2) is 0 Å². The molecule has 0 fully saturated rings. The fraction of sp³-hybridized carbons (Fsp3) is 0.182. The maximum absolute atomic E-state index is 8.98. The Kier molecular flexibility index (Phi) is 2.49. The Labute approximate surface area is 91.4 Å². The zero-order chi connectivity index (χ0) is 10.1. The van der Waals surface area contributed by atoms with Crippen molar-refractivity contribution < 1.29 is 0 Å². The summed E-state index contributed by atoms with van der Waals surface area (Å²) in [7, 11) is 0. The van der Waals surface area contributed by atoms with Gasteiger partial charge in [-0.3, -0.25) is 0 Å². The largest absolute Gasteiger partial charge is 0.192 e. The number of benzene rings is 1. The van der Waals surface area contributed by atoms with Gasteiger partial charge in [0.05, 0.1) is 11.6 Å². The number of nitriles is 1. The third-order valence-corrected chi connectivity index (χ3v) is 4.15. The van der Waals surface area contributed by atoms with Gasteiger partial charge in [-0.15, -0.1) is 23.1 Å². The summed E-state index contributed by atoms with van der Waals surface area (Å²) in [5.74, 6) is 0. The summed E-state index contributed by atoms with van der Waals surface area (Å²) in [6, 6.07) is 6.32. The molecule has 0 amide bonds. The van der Waals surface area contributed by atoms with E-state index >= 15 is 0 Å². The lowest BCUT2D eigenvalue weighted by Gasteiger charge is -2.04. The first-order valence-corrected chi connectivity index (χ1v) is 6.33. The maximum atomic E-state index is 8.98. The molecule has 1 heterocycles. The number of hydrogen-bond donors (Lipinski definition) is 0. The number of nitrogens with zero attached hydrogens (tertiary/aromatic N) is 1. The molecule has 0 radical (unpaired) electrons. The number of thioether (sulfide) groups is 1. The zero-order valence-electron chi connectivity index (χ0n) is 8.00. The van der Waals surface area contributed by atoms with E-state index < -0.39 is 0 Å². The van der Waals surface area contributed by atoms with Gasteiger partial charge >= 0.3 is 0 Å². The van der Waals surface area contributed by atoms with Crippen LogP contribution in [-0.4, -0.2) is 6.26 Å². The molecule has 1 aromatic carbocycles. The minimum absolute atomic E-state index is 0.792. The third-order valence-electron chi connectivity index (χ3n) is 2.31. The Morgan fingerprint density at radius 1 is 1.50 bits per heavy atom. The Morgan fingerprint density at radius 2 is 2.29 bits per heavy atom. The molecule has 1 aromatic heterocycles. The molecule has 0 saturated carbocycles. The molecule has 0 aliphatic carbocycles. The van der Waals surface area contributed by atoms with Crippen LogP contribution in [0.4, 0.5) is 0 Å². The topological polar surface area (TPSA) is 23.8 Å². The van der Waals surface area contributed by atoms with Crippen LogP contribution in [0.25, 0.3) is 10.1 Å². The summed E-state index contributed by atoms with van der Waals surface area (Å²) >= 11 is 3.44. The van der Waals surface area contributed by atoms with Crippen LogP contribution in [0.5, 0.6) is 0 Å². The molecule has 14 heavy (non-hydrogen) atoms. The van der Waals surface area contributed by atoms with Gasteiger partial charge in [0, 0.05) is 9.60 Å². The second kappa shape index (κ2) is 3.64. The van der Waals surface area contributed by atoms with Crippen molar-refractivity contribution in [3.8, 4) is 6.07 Å². The molecule has 0 bridgehead atoms. The van der Waals surface area contributed by atoms with Crippen LogP contribution in [0.15, 0.2) is 22.4 Å². The van der Waals surface area contributed by atoms with Crippen molar-refractivity contribution in [3.05, 3.63) is 28.6 Å². The minimum atomic E-state index is 0.792. The van der Waals surface area contributed by atoms with Crippen molar-refractivity contribution in [2.75, 3.05) is 6.26 Å². The van der Waals surface area contributed by atoms with E-state index in [0.717, 1.165) is 11.1 Å². The van der Waals surface area contributed by atoms with E-state index in [1.807, 2.05) is 19.2 Å². The first kappa shape index (κ1) is 9.57. The maximum Gasteiger partial charge on any atom is 0.0995 e. The number of thiophene rings is 1. The predicted octanol–water partition coefficient (Wildman–Crippen LogP) is 3.80. The molecule has 0 unspecified atom stereocenters. The molecule has 0 spiro atoms. The quantitative estimate of drug-likeness (QED) is 0.681. The monoisotopic (exact) mass is 219 g/mol. The fourth-order valence-electron chi connectivity index (χ4n) is 1.51. The summed E-state index contributed by atoms with van der Waals surface area (Å²) < 4.78 is 1.30. The molecule has 1 nitrogen and oxygen atoms in total. The number of rotatable bonds is 1. The molecule has 3 heteroatoms.